The first kappa shape index (κ1) is 28.6. The van der Waals surface area contributed by atoms with Gasteiger partial charge in [-0.1, -0.05) is 19.1 Å². The molecule has 0 bridgehead atoms. The zero-order chi connectivity index (χ0) is 26.4. The molecule has 0 saturated carbocycles. The molecule has 0 saturated heterocycles. The lowest BCUT2D eigenvalue weighted by Crippen LogP contribution is -2.26. The second-order valence-electron chi connectivity index (χ2n) is 8.98. The maximum Gasteiger partial charge on any atom is 0.343 e. The SMILES string of the molecule is CCC(C)(C)C(=O)OCCCCCCOc1ccc(OC(=O)c2ccc(C=CC(=O)OC)cc2)cc1. The monoisotopic (exact) mass is 496 g/mol. The van der Waals surface area contributed by atoms with Gasteiger partial charge in [0.25, 0.3) is 0 Å². The Balaban J connectivity index is 1.65. The smallest absolute Gasteiger partial charge is 0.343 e. The fourth-order valence-electron chi connectivity index (χ4n) is 2.98. The zero-order valence-corrected chi connectivity index (χ0v) is 21.6. The number of hydrogen-bond donors (Lipinski definition) is 0. The third-order valence-corrected chi connectivity index (χ3v) is 5.77. The lowest BCUT2D eigenvalue weighted by Gasteiger charge is -2.20. The summed E-state index contributed by atoms with van der Waals surface area (Å²) < 4.78 is 21.1. The van der Waals surface area contributed by atoms with Crippen LogP contribution >= 0.6 is 0 Å². The summed E-state index contributed by atoms with van der Waals surface area (Å²) in [5.41, 5.74) is 0.742. The van der Waals surface area contributed by atoms with Gasteiger partial charge in [-0.25, -0.2) is 9.59 Å². The lowest BCUT2D eigenvalue weighted by molar-refractivity contribution is -0.154. The van der Waals surface area contributed by atoms with Crippen molar-refractivity contribution in [3.8, 4) is 11.5 Å². The second kappa shape index (κ2) is 14.7. The lowest BCUT2D eigenvalue weighted by atomic mass is 9.91. The molecule has 0 fully saturated rings. The van der Waals surface area contributed by atoms with Crippen molar-refractivity contribution in [2.75, 3.05) is 20.3 Å². The van der Waals surface area contributed by atoms with Gasteiger partial charge in [0.05, 0.1) is 31.3 Å². The van der Waals surface area contributed by atoms with E-state index in [1.54, 1.807) is 54.6 Å². The summed E-state index contributed by atoms with van der Waals surface area (Å²) in [6.07, 6.45) is 7.38. The molecule has 0 N–H and O–H groups in total. The van der Waals surface area contributed by atoms with Gasteiger partial charge in [0, 0.05) is 6.08 Å². The van der Waals surface area contributed by atoms with E-state index in [2.05, 4.69) is 4.74 Å². The van der Waals surface area contributed by atoms with Crippen LogP contribution in [0, 0.1) is 5.41 Å². The number of rotatable bonds is 14. The molecule has 194 valence electrons. The molecule has 0 aliphatic carbocycles. The van der Waals surface area contributed by atoms with Crippen LogP contribution in [0.25, 0.3) is 6.08 Å². The van der Waals surface area contributed by atoms with Gasteiger partial charge in [0.2, 0.25) is 0 Å². The van der Waals surface area contributed by atoms with E-state index >= 15 is 0 Å². The van der Waals surface area contributed by atoms with Gasteiger partial charge in [-0.3, -0.25) is 4.79 Å². The van der Waals surface area contributed by atoms with E-state index in [1.165, 1.54) is 13.2 Å². The fourth-order valence-corrected chi connectivity index (χ4v) is 2.98. The van der Waals surface area contributed by atoms with Crippen molar-refractivity contribution in [3.63, 3.8) is 0 Å². The third-order valence-electron chi connectivity index (χ3n) is 5.77. The molecule has 0 aromatic heterocycles. The van der Waals surface area contributed by atoms with Gasteiger partial charge in [-0.05, 0) is 94.0 Å². The second-order valence-corrected chi connectivity index (χ2v) is 8.98. The number of carbonyl (C=O) groups excluding carboxylic acids is 3. The quantitative estimate of drug-likeness (QED) is 0.137. The van der Waals surface area contributed by atoms with Gasteiger partial charge < -0.3 is 18.9 Å². The molecule has 2 aromatic rings. The van der Waals surface area contributed by atoms with Crippen molar-refractivity contribution in [1.29, 1.82) is 0 Å². The van der Waals surface area contributed by atoms with E-state index in [1.807, 2.05) is 20.8 Å². The number of esters is 3. The van der Waals surface area contributed by atoms with E-state index in [9.17, 15) is 14.4 Å². The standard InChI is InChI=1S/C29H36O7/c1-5-29(2,3)28(32)35-21-9-7-6-8-20-34-24-15-17-25(18-16-24)36-27(31)23-13-10-22(11-14-23)12-19-26(30)33-4/h10-19H,5-9,20-21H2,1-4H3. The molecule has 0 aliphatic rings. The van der Waals surface area contributed by atoms with Crippen molar-refractivity contribution in [3.05, 3.63) is 65.7 Å². The van der Waals surface area contributed by atoms with Crippen LogP contribution in [-0.4, -0.2) is 38.2 Å². The number of hydrogen-bond acceptors (Lipinski definition) is 7. The van der Waals surface area contributed by atoms with E-state index in [0.29, 0.717) is 30.3 Å². The maximum atomic E-state index is 12.4. The minimum Gasteiger partial charge on any atom is -0.494 e. The molecule has 7 nitrogen and oxygen atoms in total. The molecule has 2 rings (SSSR count). The number of carbonyl (C=O) groups is 3. The van der Waals surface area contributed by atoms with Crippen LogP contribution in [0.4, 0.5) is 0 Å². The predicted octanol–water partition coefficient (Wildman–Crippen LogP) is 6.01. The zero-order valence-electron chi connectivity index (χ0n) is 21.6. The third kappa shape index (κ3) is 9.94. The summed E-state index contributed by atoms with van der Waals surface area (Å²) in [6, 6.07) is 13.6. The molecule has 7 heteroatoms. The minimum atomic E-state index is -0.476. The normalized spacial score (nSPS) is 11.2. The summed E-state index contributed by atoms with van der Waals surface area (Å²) in [4.78, 5) is 35.4. The number of unbranched alkanes of at least 4 members (excludes halogenated alkanes) is 3. The Morgan fingerprint density at radius 3 is 2.06 bits per heavy atom. The summed E-state index contributed by atoms with van der Waals surface area (Å²) in [6.45, 7) is 6.82. The molecule has 0 aliphatic heterocycles. The number of benzene rings is 2. The van der Waals surface area contributed by atoms with Crippen molar-refractivity contribution < 1.29 is 33.3 Å². The van der Waals surface area contributed by atoms with Crippen LogP contribution in [0.5, 0.6) is 11.5 Å². The molecule has 36 heavy (non-hydrogen) atoms. The Bertz CT molecular complexity index is 1000. The molecular weight excluding hydrogens is 460 g/mol. The Kier molecular flexibility index (Phi) is 11.7. The molecule has 0 atom stereocenters. The Hall–Kier alpha value is -3.61. The van der Waals surface area contributed by atoms with Crippen molar-refractivity contribution in [2.45, 2.75) is 52.9 Å². The number of methoxy groups -OCH3 is 1. The van der Waals surface area contributed by atoms with Crippen molar-refractivity contribution >= 4 is 24.0 Å². The van der Waals surface area contributed by atoms with Crippen molar-refractivity contribution in [1.82, 2.24) is 0 Å². The van der Waals surface area contributed by atoms with E-state index in [0.717, 1.165) is 37.7 Å². The van der Waals surface area contributed by atoms with E-state index in [4.69, 9.17) is 14.2 Å². The minimum absolute atomic E-state index is 0.134. The largest absolute Gasteiger partial charge is 0.494 e. The average molecular weight is 497 g/mol. The van der Waals surface area contributed by atoms with Gasteiger partial charge in [-0.2, -0.15) is 0 Å². The first-order valence-corrected chi connectivity index (χ1v) is 12.2. The van der Waals surface area contributed by atoms with Gasteiger partial charge in [-0.15, -0.1) is 0 Å². The summed E-state index contributed by atoms with van der Waals surface area (Å²) in [5, 5.41) is 0. The van der Waals surface area contributed by atoms with E-state index in [-0.39, 0.29) is 5.97 Å². The average Bonchev–Trinajstić information content (AvgIpc) is 2.89. The van der Waals surface area contributed by atoms with Crippen LogP contribution in [0.2, 0.25) is 0 Å². The highest BCUT2D eigenvalue weighted by Crippen LogP contribution is 2.22. The van der Waals surface area contributed by atoms with Crippen LogP contribution in [-0.2, 0) is 19.1 Å². The highest BCUT2D eigenvalue weighted by Gasteiger charge is 2.26. The maximum absolute atomic E-state index is 12.4. The van der Waals surface area contributed by atoms with Gasteiger partial charge >= 0.3 is 17.9 Å². The van der Waals surface area contributed by atoms with Crippen LogP contribution < -0.4 is 9.47 Å². The summed E-state index contributed by atoms with van der Waals surface area (Å²) >= 11 is 0. The van der Waals surface area contributed by atoms with E-state index < -0.39 is 17.4 Å². The summed E-state index contributed by atoms with van der Waals surface area (Å²) in [7, 11) is 1.31. The predicted molar refractivity (Wildman–Crippen MR) is 138 cm³/mol. The van der Waals surface area contributed by atoms with Gasteiger partial charge in [0.1, 0.15) is 11.5 Å². The van der Waals surface area contributed by atoms with Crippen molar-refractivity contribution in [2.24, 2.45) is 5.41 Å². The topological polar surface area (TPSA) is 88.1 Å². The molecule has 0 unspecified atom stereocenters. The fraction of sp³-hybridized carbons (Fsp3) is 0.414. The molecule has 2 aromatic carbocycles. The summed E-state index contributed by atoms with van der Waals surface area (Å²) in [5.74, 6) is 0.0635. The molecule has 0 spiro atoms. The molecular formula is C29H36O7. The number of ether oxygens (including phenoxy) is 4. The Labute approximate surface area is 213 Å². The molecule has 0 amide bonds. The molecule has 0 heterocycles. The first-order valence-electron chi connectivity index (χ1n) is 12.2. The van der Waals surface area contributed by atoms with Gasteiger partial charge in [0.15, 0.2) is 0 Å². The first-order chi connectivity index (χ1) is 17.2. The Morgan fingerprint density at radius 2 is 1.44 bits per heavy atom. The highest BCUT2D eigenvalue weighted by molar-refractivity contribution is 5.91. The Morgan fingerprint density at radius 1 is 0.833 bits per heavy atom. The highest BCUT2D eigenvalue weighted by atomic mass is 16.5. The van der Waals surface area contributed by atoms with Crippen LogP contribution in [0.1, 0.15) is 68.8 Å². The molecule has 0 radical (unpaired) electrons. The van der Waals surface area contributed by atoms with Crippen LogP contribution in [0.3, 0.4) is 0 Å². The van der Waals surface area contributed by atoms with Crippen LogP contribution in [0.15, 0.2) is 54.6 Å².